The first-order valence-electron chi connectivity index (χ1n) is 6.37. The molecular formula is C16H14ClNO3. The molecule has 0 amide bonds. The van der Waals surface area contributed by atoms with Gasteiger partial charge in [0.1, 0.15) is 30.8 Å². The minimum absolute atomic E-state index is 0.111. The van der Waals surface area contributed by atoms with Gasteiger partial charge in [-0.15, -0.1) is 0 Å². The molecule has 0 aromatic heterocycles. The monoisotopic (exact) mass is 303 g/mol. The molecule has 0 radical (unpaired) electrons. The number of aliphatic hydroxyl groups excluding tert-OH is 1. The first-order chi connectivity index (χ1) is 10.2. The summed E-state index contributed by atoms with van der Waals surface area (Å²) < 4.78 is 10.8. The topological polar surface area (TPSA) is 62.5 Å². The van der Waals surface area contributed by atoms with Crippen molar-refractivity contribution in [1.29, 1.82) is 5.26 Å². The Morgan fingerprint density at radius 2 is 1.43 bits per heavy atom. The summed E-state index contributed by atoms with van der Waals surface area (Å²) in [6.07, 6.45) is -0.753. The molecule has 108 valence electrons. The van der Waals surface area contributed by atoms with E-state index in [0.29, 0.717) is 22.1 Å². The minimum atomic E-state index is -0.753. The Kier molecular flexibility index (Phi) is 5.44. The van der Waals surface area contributed by atoms with E-state index in [1.54, 1.807) is 48.5 Å². The molecule has 0 aliphatic carbocycles. The molecule has 0 unspecified atom stereocenters. The summed E-state index contributed by atoms with van der Waals surface area (Å²) in [7, 11) is 0. The number of rotatable bonds is 6. The molecule has 1 N–H and O–H groups in total. The number of benzene rings is 2. The summed E-state index contributed by atoms with van der Waals surface area (Å²) in [5.74, 6) is 1.23. The van der Waals surface area contributed by atoms with Crippen molar-refractivity contribution in [2.75, 3.05) is 13.2 Å². The average Bonchev–Trinajstić information content (AvgIpc) is 2.53. The van der Waals surface area contributed by atoms with Crippen molar-refractivity contribution in [3.05, 3.63) is 59.1 Å². The van der Waals surface area contributed by atoms with Crippen molar-refractivity contribution >= 4 is 11.6 Å². The summed E-state index contributed by atoms with van der Waals surface area (Å²) in [5.41, 5.74) is 0.564. The van der Waals surface area contributed by atoms with Crippen LogP contribution in [0.1, 0.15) is 5.56 Å². The quantitative estimate of drug-likeness (QED) is 0.891. The van der Waals surface area contributed by atoms with Crippen LogP contribution in [0.15, 0.2) is 48.5 Å². The maximum absolute atomic E-state index is 9.80. The number of hydrogen-bond donors (Lipinski definition) is 1. The molecule has 4 nitrogen and oxygen atoms in total. The maximum Gasteiger partial charge on any atom is 0.122 e. The SMILES string of the molecule is N#Cc1ccc(OC[C@@H](O)COc2ccc(Cl)cc2)cc1. The van der Waals surface area contributed by atoms with E-state index in [-0.39, 0.29) is 13.2 Å². The fourth-order valence-electron chi connectivity index (χ4n) is 1.59. The Morgan fingerprint density at radius 1 is 0.952 bits per heavy atom. The van der Waals surface area contributed by atoms with Gasteiger partial charge in [0.2, 0.25) is 0 Å². The van der Waals surface area contributed by atoms with Gasteiger partial charge in [-0.1, -0.05) is 11.6 Å². The van der Waals surface area contributed by atoms with Crippen LogP contribution in [0.5, 0.6) is 11.5 Å². The van der Waals surface area contributed by atoms with E-state index in [4.69, 9.17) is 26.3 Å². The Bertz CT molecular complexity index is 605. The van der Waals surface area contributed by atoms with Crippen LogP contribution in [0.4, 0.5) is 0 Å². The normalized spacial score (nSPS) is 11.5. The second-order valence-corrected chi connectivity index (χ2v) is 4.80. The lowest BCUT2D eigenvalue weighted by atomic mass is 10.2. The number of hydrogen-bond acceptors (Lipinski definition) is 4. The molecule has 0 bridgehead atoms. The van der Waals surface area contributed by atoms with Gasteiger partial charge in [0.15, 0.2) is 0 Å². The zero-order chi connectivity index (χ0) is 15.1. The van der Waals surface area contributed by atoms with Crippen LogP contribution in [0, 0.1) is 11.3 Å². The van der Waals surface area contributed by atoms with E-state index < -0.39 is 6.10 Å². The van der Waals surface area contributed by atoms with Crippen molar-refractivity contribution in [2.24, 2.45) is 0 Å². The van der Waals surface area contributed by atoms with Gasteiger partial charge in [0.25, 0.3) is 0 Å². The van der Waals surface area contributed by atoms with Crippen molar-refractivity contribution in [2.45, 2.75) is 6.10 Å². The van der Waals surface area contributed by atoms with Gasteiger partial charge >= 0.3 is 0 Å². The minimum Gasteiger partial charge on any atom is -0.491 e. The molecule has 2 aromatic rings. The second-order valence-electron chi connectivity index (χ2n) is 4.37. The summed E-state index contributed by atoms with van der Waals surface area (Å²) in [6.45, 7) is 0.234. The first kappa shape index (κ1) is 15.2. The van der Waals surface area contributed by atoms with Gasteiger partial charge in [0.05, 0.1) is 11.6 Å². The zero-order valence-corrected chi connectivity index (χ0v) is 12.0. The van der Waals surface area contributed by atoms with E-state index in [1.165, 1.54) is 0 Å². The van der Waals surface area contributed by atoms with Crippen molar-refractivity contribution in [3.63, 3.8) is 0 Å². The molecule has 0 aliphatic rings. The predicted molar refractivity (Wildman–Crippen MR) is 79.6 cm³/mol. The van der Waals surface area contributed by atoms with E-state index >= 15 is 0 Å². The third kappa shape index (κ3) is 4.99. The van der Waals surface area contributed by atoms with Crippen LogP contribution in [0.3, 0.4) is 0 Å². The van der Waals surface area contributed by atoms with Crippen LogP contribution in [0.25, 0.3) is 0 Å². The molecule has 0 aliphatic heterocycles. The molecule has 0 spiro atoms. The van der Waals surface area contributed by atoms with E-state index in [1.807, 2.05) is 6.07 Å². The molecule has 0 saturated heterocycles. The maximum atomic E-state index is 9.80. The summed E-state index contributed by atoms with van der Waals surface area (Å²) >= 11 is 5.77. The van der Waals surface area contributed by atoms with Crippen LogP contribution in [-0.2, 0) is 0 Å². The number of nitrogens with zero attached hydrogens (tertiary/aromatic N) is 1. The Balaban J connectivity index is 1.75. The smallest absolute Gasteiger partial charge is 0.122 e. The van der Waals surface area contributed by atoms with Gasteiger partial charge < -0.3 is 14.6 Å². The molecular weight excluding hydrogens is 290 g/mol. The molecule has 0 heterocycles. The van der Waals surface area contributed by atoms with Gasteiger partial charge in [-0.25, -0.2) is 0 Å². The highest BCUT2D eigenvalue weighted by molar-refractivity contribution is 6.30. The van der Waals surface area contributed by atoms with Gasteiger partial charge in [-0.2, -0.15) is 5.26 Å². The lowest BCUT2D eigenvalue weighted by molar-refractivity contribution is 0.0626. The van der Waals surface area contributed by atoms with E-state index in [9.17, 15) is 5.11 Å². The van der Waals surface area contributed by atoms with Gasteiger partial charge in [0, 0.05) is 5.02 Å². The van der Waals surface area contributed by atoms with Gasteiger partial charge in [-0.05, 0) is 48.5 Å². The Morgan fingerprint density at radius 3 is 1.90 bits per heavy atom. The third-order valence-electron chi connectivity index (χ3n) is 2.68. The molecule has 1 atom stereocenters. The fourth-order valence-corrected chi connectivity index (χ4v) is 1.72. The number of nitriles is 1. The molecule has 2 aromatic carbocycles. The highest BCUT2D eigenvalue weighted by Crippen LogP contribution is 2.16. The average molecular weight is 304 g/mol. The highest BCUT2D eigenvalue weighted by atomic mass is 35.5. The third-order valence-corrected chi connectivity index (χ3v) is 2.93. The number of halogens is 1. The fraction of sp³-hybridized carbons (Fsp3) is 0.188. The molecule has 0 saturated carbocycles. The van der Waals surface area contributed by atoms with E-state index in [2.05, 4.69) is 0 Å². The summed E-state index contributed by atoms with van der Waals surface area (Å²) in [6, 6.07) is 15.6. The zero-order valence-electron chi connectivity index (χ0n) is 11.2. The standard InChI is InChI=1S/C16H14ClNO3/c17-13-3-7-16(8-4-13)21-11-14(19)10-20-15-5-1-12(9-18)2-6-15/h1-8,14,19H,10-11H2/t14-/m1/s1. The predicted octanol–water partition coefficient (Wildman–Crippen LogP) is 3.03. The van der Waals surface area contributed by atoms with Crippen LogP contribution in [0.2, 0.25) is 5.02 Å². The number of aliphatic hydroxyl groups is 1. The summed E-state index contributed by atoms with van der Waals surface area (Å²) in [5, 5.41) is 19.1. The Labute approximate surface area is 128 Å². The van der Waals surface area contributed by atoms with Gasteiger partial charge in [-0.3, -0.25) is 0 Å². The van der Waals surface area contributed by atoms with Crippen LogP contribution in [-0.4, -0.2) is 24.4 Å². The lowest BCUT2D eigenvalue weighted by Gasteiger charge is -2.13. The number of ether oxygens (including phenoxy) is 2. The largest absolute Gasteiger partial charge is 0.491 e. The molecule has 0 fully saturated rings. The second kappa shape index (κ2) is 7.53. The van der Waals surface area contributed by atoms with Crippen LogP contribution < -0.4 is 9.47 Å². The summed E-state index contributed by atoms with van der Waals surface area (Å²) in [4.78, 5) is 0. The van der Waals surface area contributed by atoms with E-state index in [0.717, 1.165) is 0 Å². The van der Waals surface area contributed by atoms with Crippen molar-refractivity contribution in [1.82, 2.24) is 0 Å². The highest BCUT2D eigenvalue weighted by Gasteiger charge is 2.07. The molecule has 2 rings (SSSR count). The Hall–Kier alpha value is -2.22. The van der Waals surface area contributed by atoms with Crippen molar-refractivity contribution in [3.8, 4) is 17.6 Å². The molecule has 5 heteroatoms. The lowest BCUT2D eigenvalue weighted by Crippen LogP contribution is -2.25. The first-order valence-corrected chi connectivity index (χ1v) is 6.74. The molecule has 21 heavy (non-hydrogen) atoms. The van der Waals surface area contributed by atoms with Crippen molar-refractivity contribution < 1.29 is 14.6 Å². The van der Waals surface area contributed by atoms with Crippen LogP contribution >= 0.6 is 11.6 Å².